The van der Waals surface area contributed by atoms with Crippen molar-refractivity contribution in [2.75, 3.05) is 25.0 Å². The van der Waals surface area contributed by atoms with Gasteiger partial charge in [0.05, 0.1) is 0 Å². The lowest BCUT2D eigenvalue weighted by Crippen LogP contribution is -2.30. The molecule has 108 valence electrons. The van der Waals surface area contributed by atoms with E-state index in [1.165, 1.54) is 6.07 Å². The van der Waals surface area contributed by atoms with Gasteiger partial charge in [0.2, 0.25) is 0 Å². The molecule has 1 aliphatic rings. The Morgan fingerprint density at radius 3 is 2.75 bits per heavy atom. The summed E-state index contributed by atoms with van der Waals surface area (Å²) >= 11 is 0. The molecular formula is C11H13F3N6. The Hall–Kier alpha value is -1.90. The fourth-order valence-corrected chi connectivity index (χ4v) is 2.33. The monoisotopic (exact) mass is 286 g/mol. The van der Waals surface area contributed by atoms with Crippen molar-refractivity contribution < 1.29 is 13.2 Å². The molecule has 1 N–H and O–H groups in total. The molecule has 0 saturated carbocycles. The van der Waals surface area contributed by atoms with E-state index in [9.17, 15) is 13.2 Å². The van der Waals surface area contributed by atoms with Crippen LogP contribution in [0, 0.1) is 0 Å². The van der Waals surface area contributed by atoms with E-state index in [-0.39, 0.29) is 5.65 Å². The number of aromatic nitrogens is 4. The second-order valence-electron chi connectivity index (χ2n) is 4.70. The third kappa shape index (κ3) is 2.17. The van der Waals surface area contributed by atoms with E-state index < -0.39 is 12.0 Å². The molecule has 1 fully saturated rings. The number of rotatable bonds is 2. The highest BCUT2D eigenvalue weighted by molar-refractivity contribution is 5.46. The number of fused-ring (bicyclic) bond motifs is 1. The Morgan fingerprint density at radius 1 is 1.30 bits per heavy atom. The van der Waals surface area contributed by atoms with Crippen LogP contribution in [0.3, 0.4) is 0 Å². The summed E-state index contributed by atoms with van der Waals surface area (Å²) in [5, 5.41) is 13.8. The van der Waals surface area contributed by atoms with Gasteiger partial charge >= 0.3 is 6.18 Å². The minimum Gasteiger partial charge on any atom is -0.354 e. The first-order chi connectivity index (χ1) is 9.49. The molecule has 0 radical (unpaired) electrons. The van der Waals surface area contributed by atoms with Crippen molar-refractivity contribution in [2.24, 2.45) is 0 Å². The fourth-order valence-electron chi connectivity index (χ4n) is 2.33. The molecule has 9 heteroatoms. The second-order valence-corrected chi connectivity index (χ2v) is 4.70. The molecule has 20 heavy (non-hydrogen) atoms. The minimum absolute atomic E-state index is 0.0884. The average molecular weight is 286 g/mol. The normalized spacial score (nSPS) is 20.0. The van der Waals surface area contributed by atoms with Crippen LogP contribution in [0.25, 0.3) is 5.65 Å². The van der Waals surface area contributed by atoms with Crippen molar-refractivity contribution in [3.05, 3.63) is 18.0 Å². The Labute approximate surface area is 112 Å². The lowest BCUT2D eigenvalue weighted by atomic mass is 10.3. The molecule has 3 rings (SSSR count). The Bertz CT molecular complexity index is 622. The number of nitrogens with zero attached hydrogens (tertiary/aromatic N) is 5. The first-order valence-corrected chi connectivity index (χ1v) is 6.21. The number of halogens is 3. The molecule has 0 aliphatic carbocycles. The fraction of sp³-hybridized carbons (Fsp3) is 0.545. The first-order valence-electron chi connectivity index (χ1n) is 6.21. The van der Waals surface area contributed by atoms with Crippen LogP contribution < -0.4 is 10.2 Å². The number of hydrogen-bond donors (Lipinski definition) is 1. The van der Waals surface area contributed by atoms with Crippen LogP contribution in [-0.2, 0) is 6.18 Å². The summed E-state index contributed by atoms with van der Waals surface area (Å²) in [7, 11) is 1.87. The number of hydrogen-bond acceptors (Lipinski definition) is 5. The summed E-state index contributed by atoms with van der Waals surface area (Å²) in [6, 6.07) is 3.50. The minimum atomic E-state index is -4.57. The van der Waals surface area contributed by atoms with Crippen LogP contribution in [0.1, 0.15) is 12.2 Å². The predicted molar refractivity (Wildman–Crippen MR) is 65.5 cm³/mol. The van der Waals surface area contributed by atoms with Gasteiger partial charge < -0.3 is 10.2 Å². The van der Waals surface area contributed by atoms with Crippen molar-refractivity contribution in [1.29, 1.82) is 0 Å². The lowest BCUT2D eigenvalue weighted by molar-refractivity contribution is -0.146. The summed E-state index contributed by atoms with van der Waals surface area (Å²) in [4.78, 5) is 1.95. The van der Waals surface area contributed by atoms with E-state index in [4.69, 9.17) is 0 Å². The summed E-state index contributed by atoms with van der Waals surface area (Å²) in [6.45, 7) is 1.48. The summed E-state index contributed by atoms with van der Waals surface area (Å²) in [5.74, 6) is -0.598. The van der Waals surface area contributed by atoms with Crippen LogP contribution in [0.15, 0.2) is 12.1 Å². The molecule has 0 amide bonds. The van der Waals surface area contributed by atoms with Gasteiger partial charge in [-0.15, -0.1) is 15.3 Å². The highest BCUT2D eigenvalue weighted by atomic mass is 19.4. The van der Waals surface area contributed by atoms with E-state index in [2.05, 4.69) is 20.6 Å². The average Bonchev–Trinajstić information content (AvgIpc) is 3.03. The number of nitrogens with one attached hydrogen (secondary N) is 1. The summed E-state index contributed by atoms with van der Waals surface area (Å²) < 4.78 is 39.1. The maximum absolute atomic E-state index is 12.8. The van der Waals surface area contributed by atoms with E-state index in [0.717, 1.165) is 24.0 Å². The Balaban J connectivity index is 1.98. The molecule has 1 saturated heterocycles. The van der Waals surface area contributed by atoms with Gasteiger partial charge in [0.1, 0.15) is 5.82 Å². The van der Waals surface area contributed by atoms with Crippen molar-refractivity contribution in [1.82, 2.24) is 25.1 Å². The first kappa shape index (κ1) is 13.1. The third-order valence-electron chi connectivity index (χ3n) is 3.42. The largest absolute Gasteiger partial charge is 0.453 e. The molecule has 1 aliphatic heterocycles. The standard InChI is InChI=1S/C11H13F3N6/c1-15-7-4-5-19(6-7)9-3-2-8-16-17-10(11(12,13)14)20(8)18-9/h2-3,7,15H,4-6H2,1H3. The van der Waals surface area contributed by atoms with Crippen LogP contribution >= 0.6 is 0 Å². The van der Waals surface area contributed by atoms with Gasteiger partial charge in [0.25, 0.3) is 5.82 Å². The van der Waals surface area contributed by atoms with Crippen LogP contribution in [0.2, 0.25) is 0 Å². The quantitative estimate of drug-likeness (QED) is 0.890. The maximum Gasteiger partial charge on any atom is 0.453 e. The van der Waals surface area contributed by atoms with Gasteiger partial charge in [0, 0.05) is 19.1 Å². The van der Waals surface area contributed by atoms with Gasteiger partial charge in [-0.3, -0.25) is 0 Å². The Kier molecular flexibility index (Phi) is 3.00. The zero-order valence-corrected chi connectivity index (χ0v) is 10.7. The van der Waals surface area contributed by atoms with E-state index >= 15 is 0 Å². The molecule has 2 aromatic heterocycles. The molecule has 6 nitrogen and oxygen atoms in total. The molecule has 3 heterocycles. The highest BCUT2D eigenvalue weighted by Gasteiger charge is 2.38. The zero-order chi connectivity index (χ0) is 14.3. The molecule has 0 aromatic carbocycles. The summed E-state index contributed by atoms with van der Waals surface area (Å²) in [5.41, 5.74) is 0.0884. The van der Waals surface area contributed by atoms with Crippen LogP contribution in [0.5, 0.6) is 0 Å². The van der Waals surface area contributed by atoms with Crippen molar-refractivity contribution in [2.45, 2.75) is 18.6 Å². The lowest BCUT2D eigenvalue weighted by Gasteiger charge is -2.17. The Morgan fingerprint density at radius 2 is 2.10 bits per heavy atom. The third-order valence-corrected chi connectivity index (χ3v) is 3.42. The van der Waals surface area contributed by atoms with Crippen LogP contribution in [-0.4, -0.2) is 46.0 Å². The number of alkyl halides is 3. The van der Waals surface area contributed by atoms with Crippen LogP contribution in [0.4, 0.5) is 19.0 Å². The van der Waals surface area contributed by atoms with Gasteiger partial charge in [-0.25, -0.2) is 0 Å². The van der Waals surface area contributed by atoms with Gasteiger partial charge in [0.15, 0.2) is 5.65 Å². The second kappa shape index (κ2) is 4.58. The van der Waals surface area contributed by atoms with Gasteiger partial charge in [-0.2, -0.15) is 17.7 Å². The van der Waals surface area contributed by atoms with Crippen molar-refractivity contribution in [3.63, 3.8) is 0 Å². The predicted octanol–water partition coefficient (Wildman–Crippen LogP) is 0.941. The molecular weight excluding hydrogens is 273 g/mol. The number of anilines is 1. The molecule has 1 atom stereocenters. The van der Waals surface area contributed by atoms with E-state index in [1.54, 1.807) is 6.07 Å². The van der Waals surface area contributed by atoms with Gasteiger partial charge in [-0.1, -0.05) is 0 Å². The maximum atomic E-state index is 12.8. The van der Waals surface area contributed by atoms with Crippen molar-refractivity contribution >= 4 is 11.5 Å². The topological polar surface area (TPSA) is 58.3 Å². The molecule has 0 bridgehead atoms. The smallest absolute Gasteiger partial charge is 0.354 e. The SMILES string of the molecule is CNC1CCN(c2ccc3nnc(C(F)(F)F)n3n2)C1. The van der Waals surface area contributed by atoms with E-state index in [0.29, 0.717) is 11.9 Å². The summed E-state index contributed by atoms with van der Waals surface area (Å²) in [6.07, 6.45) is -3.63. The zero-order valence-electron chi connectivity index (χ0n) is 10.7. The van der Waals surface area contributed by atoms with Gasteiger partial charge in [-0.05, 0) is 25.6 Å². The molecule has 1 unspecified atom stereocenters. The number of likely N-dealkylation sites (N-methyl/N-ethyl adjacent to an activating group) is 1. The molecule has 2 aromatic rings. The van der Waals surface area contributed by atoms with E-state index in [1.807, 2.05) is 11.9 Å². The highest BCUT2D eigenvalue weighted by Crippen LogP contribution is 2.28. The molecule has 0 spiro atoms. The van der Waals surface area contributed by atoms with Crippen molar-refractivity contribution in [3.8, 4) is 0 Å².